The standard InChI is InChI=1S/C8H7BrN2O/c9-5-3-6-7(12)1-2-10-8(6)11-4-5/h3-5H,1-2H2. The molecule has 0 aromatic carbocycles. The van der Waals surface area contributed by atoms with E-state index in [4.69, 9.17) is 0 Å². The zero-order chi connectivity index (χ0) is 8.55. The van der Waals surface area contributed by atoms with Gasteiger partial charge in [0.15, 0.2) is 11.6 Å². The van der Waals surface area contributed by atoms with Crippen molar-refractivity contribution in [2.75, 3.05) is 6.54 Å². The van der Waals surface area contributed by atoms with E-state index in [-0.39, 0.29) is 10.6 Å². The largest absolute Gasteiger partial charge is 0.294 e. The van der Waals surface area contributed by atoms with Crippen LogP contribution in [-0.4, -0.2) is 29.2 Å². The molecule has 62 valence electrons. The Morgan fingerprint density at radius 2 is 2.42 bits per heavy atom. The Hall–Kier alpha value is -0.770. The molecule has 2 aliphatic heterocycles. The highest BCUT2D eigenvalue weighted by Crippen LogP contribution is 2.17. The summed E-state index contributed by atoms with van der Waals surface area (Å²) in [5.74, 6) is 0.753. The Labute approximate surface area is 78.4 Å². The Morgan fingerprint density at radius 1 is 1.58 bits per heavy atom. The van der Waals surface area contributed by atoms with Crippen LogP contribution >= 0.6 is 15.9 Å². The van der Waals surface area contributed by atoms with E-state index in [1.54, 1.807) is 6.21 Å². The molecule has 0 fully saturated rings. The van der Waals surface area contributed by atoms with Crippen LogP contribution in [0.15, 0.2) is 21.6 Å². The molecule has 1 atom stereocenters. The van der Waals surface area contributed by atoms with Gasteiger partial charge in [-0.05, 0) is 0 Å². The molecule has 0 aliphatic carbocycles. The maximum atomic E-state index is 11.3. The lowest BCUT2D eigenvalue weighted by atomic mass is 10.0. The minimum absolute atomic E-state index is 0.0773. The molecule has 0 spiro atoms. The second-order valence-electron chi connectivity index (χ2n) is 2.68. The van der Waals surface area contributed by atoms with Crippen LogP contribution in [0.2, 0.25) is 0 Å². The van der Waals surface area contributed by atoms with Gasteiger partial charge in [-0.2, -0.15) is 0 Å². The third kappa shape index (κ3) is 1.27. The Morgan fingerprint density at radius 3 is 3.25 bits per heavy atom. The van der Waals surface area contributed by atoms with Crippen LogP contribution in [0.4, 0.5) is 0 Å². The van der Waals surface area contributed by atoms with Crippen molar-refractivity contribution in [3.63, 3.8) is 0 Å². The number of hydrogen-bond donors (Lipinski definition) is 0. The van der Waals surface area contributed by atoms with Crippen molar-refractivity contribution in [3.8, 4) is 0 Å². The van der Waals surface area contributed by atoms with E-state index in [0.717, 1.165) is 0 Å². The van der Waals surface area contributed by atoms with Gasteiger partial charge in [-0.25, -0.2) is 4.99 Å². The van der Waals surface area contributed by atoms with Crippen molar-refractivity contribution >= 4 is 33.8 Å². The molecule has 0 aromatic heterocycles. The smallest absolute Gasteiger partial charge is 0.168 e. The van der Waals surface area contributed by atoms with Gasteiger partial charge in [0.25, 0.3) is 0 Å². The van der Waals surface area contributed by atoms with E-state index >= 15 is 0 Å². The number of hydrogen-bond acceptors (Lipinski definition) is 3. The summed E-state index contributed by atoms with van der Waals surface area (Å²) in [6.07, 6.45) is 4.11. The van der Waals surface area contributed by atoms with E-state index in [1.165, 1.54) is 0 Å². The molecule has 2 rings (SSSR count). The molecule has 0 bridgehead atoms. The predicted molar refractivity (Wildman–Crippen MR) is 51.2 cm³/mol. The van der Waals surface area contributed by atoms with E-state index in [2.05, 4.69) is 25.9 Å². The molecule has 3 nitrogen and oxygen atoms in total. The number of nitrogens with zero attached hydrogens (tertiary/aromatic N) is 2. The van der Waals surface area contributed by atoms with Crippen molar-refractivity contribution < 1.29 is 4.79 Å². The third-order valence-corrected chi connectivity index (χ3v) is 2.31. The monoisotopic (exact) mass is 226 g/mol. The Balaban J connectivity index is 2.41. The summed E-state index contributed by atoms with van der Waals surface area (Å²) in [5.41, 5.74) is 0.672. The fraction of sp³-hybridized carbons (Fsp3) is 0.375. The summed E-state index contributed by atoms with van der Waals surface area (Å²) < 4.78 is 0. The fourth-order valence-corrected chi connectivity index (χ4v) is 1.61. The quantitative estimate of drug-likeness (QED) is 0.572. The first kappa shape index (κ1) is 7.86. The second-order valence-corrected chi connectivity index (χ2v) is 3.74. The number of rotatable bonds is 0. The van der Waals surface area contributed by atoms with Crippen LogP contribution in [0.25, 0.3) is 0 Å². The molecule has 12 heavy (non-hydrogen) atoms. The maximum Gasteiger partial charge on any atom is 0.168 e. The maximum absolute atomic E-state index is 11.3. The molecule has 0 saturated heterocycles. The number of carbonyl (C=O) groups is 1. The molecule has 2 heterocycles. The molecular formula is C8H7BrN2O. The summed E-state index contributed by atoms with van der Waals surface area (Å²) in [7, 11) is 0. The fourth-order valence-electron chi connectivity index (χ4n) is 1.23. The molecule has 0 radical (unpaired) electrons. The van der Waals surface area contributed by atoms with E-state index in [9.17, 15) is 4.79 Å². The number of dihydropyridines is 1. The summed E-state index contributed by atoms with van der Waals surface area (Å²) in [4.78, 5) is 19.6. The molecule has 0 N–H and O–H groups in total. The van der Waals surface area contributed by atoms with Gasteiger partial charge in [-0.15, -0.1) is 0 Å². The Bertz CT molecular complexity index is 317. The van der Waals surface area contributed by atoms with Gasteiger partial charge in [0.2, 0.25) is 0 Å². The molecule has 1 unspecified atom stereocenters. The van der Waals surface area contributed by atoms with Gasteiger partial charge in [-0.1, -0.05) is 22.0 Å². The highest BCUT2D eigenvalue weighted by Gasteiger charge is 2.22. The number of ketones is 1. The van der Waals surface area contributed by atoms with Gasteiger partial charge in [0, 0.05) is 19.2 Å². The van der Waals surface area contributed by atoms with Crippen molar-refractivity contribution in [2.45, 2.75) is 11.2 Å². The summed E-state index contributed by atoms with van der Waals surface area (Å²) in [5, 5.41) is 0. The number of alkyl halides is 1. The molecule has 0 saturated carbocycles. The minimum atomic E-state index is 0.0773. The normalized spacial score (nSPS) is 27.8. The van der Waals surface area contributed by atoms with Crippen molar-refractivity contribution in [1.82, 2.24) is 0 Å². The van der Waals surface area contributed by atoms with Crippen LogP contribution < -0.4 is 0 Å². The van der Waals surface area contributed by atoms with Gasteiger partial charge < -0.3 is 0 Å². The topological polar surface area (TPSA) is 41.8 Å². The zero-order valence-corrected chi connectivity index (χ0v) is 7.91. The summed E-state index contributed by atoms with van der Waals surface area (Å²) in [6, 6.07) is 0. The SMILES string of the molecule is O=C1CCN=C2N=CC(Br)C=C12. The van der Waals surface area contributed by atoms with Gasteiger partial charge >= 0.3 is 0 Å². The first-order valence-electron chi connectivity index (χ1n) is 3.75. The van der Waals surface area contributed by atoms with Crippen molar-refractivity contribution in [1.29, 1.82) is 0 Å². The van der Waals surface area contributed by atoms with Crippen LogP contribution in [0.5, 0.6) is 0 Å². The number of allylic oxidation sites excluding steroid dienone is 1. The molecular weight excluding hydrogens is 220 g/mol. The molecule has 2 aliphatic rings. The average molecular weight is 227 g/mol. The predicted octanol–water partition coefficient (Wildman–Crippen LogP) is 1.13. The number of aliphatic imine (C=N–C) groups is 2. The Kier molecular flexibility index (Phi) is 1.92. The van der Waals surface area contributed by atoms with E-state index in [1.807, 2.05) is 6.08 Å². The number of amidine groups is 1. The average Bonchev–Trinajstić information content (AvgIpc) is 2.07. The minimum Gasteiger partial charge on any atom is -0.294 e. The van der Waals surface area contributed by atoms with Crippen LogP contribution in [0, 0.1) is 0 Å². The van der Waals surface area contributed by atoms with Gasteiger partial charge in [0.05, 0.1) is 10.4 Å². The molecule has 0 aromatic rings. The lowest BCUT2D eigenvalue weighted by Crippen LogP contribution is -2.23. The van der Waals surface area contributed by atoms with Crippen LogP contribution in [0.1, 0.15) is 6.42 Å². The van der Waals surface area contributed by atoms with Crippen LogP contribution in [-0.2, 0) is 4.79 Å². The number of fused-ring (bicyclic) bond motifs is 1. The highest BCUT2D eigenvalue weighted by molar-refractivity contribution is 9.10. The third-order valence-electron chi connectivity index (χ3n) is 1.81. The number of Topliss-reactive ketones (excluding diaryl/α,β-unsaturated/α-hetero) is 1. The first-order chi connectivity index (χ1) is 5.77. The van der Waals surface area contributed by atoms with E-state index in [0.29, 0.717) is 24.4 Å². The first-order valence-corrected chi connectivity index (χ1v) is 4.67. The lowest BCUT2D eigenvalue weighted by molar-refractivity contribution is -0.115. The van der Waals surface area contributed by atoms with Crippen molar-refractivity contribution in [3.05, 3.63) is 11.6 Å². The zero-order valence-electron chi connectivity index (χ0n) is 6.33. The lowest BCUT2D eigenvalue weighted by Gasteiger charge is -2.15. The molecule has 0 amide bonds. The van der Waals surface area contributed by atoms with Gasteiger partial charge in [-0.3, -0.25) is 9.79 Å². The van der Waals surface area contributed by atoms with Crippen molar-refractivity contribution in [2.24, 2.45) is 9.98 Å². The van der Waals surface area contributed by atoms with Crippen LogP contribution in [0.3, 0.4) is 0 Å². The van der Waals surface area contributed by atoms with Gasteiger partial charge in [0.1, 0.15) is 0 Å². The summed E-state index contributed by atoms with van der Waals surface area (Å²) in [6.45, 7) is 0.579. The number of halogens is 1. The van der Waals surface area contributed by atoms with E-state index < -0.39 is 0 Å². The molecule has 4 heteroatoms. The summed E-state index contributed by atoms with van der Waals surface area (Å²) >= 11 is 3.34. The second kappa shape index (κ2) is 2.94. The number of carbonyl (C=O) groups excluding carboxylic acids is 1. The highest BCUT2D eigenvalue weighted by atomic mass is 79.9.